The Morgan fingerprint density at radius 3 is 2.54 bits per heavy atom. The predicted molar refractivity (Wildman–Crippen MR) is 54.2 cm³/mol. The van der Waals surface area contributed by atoms with Gasteiger partial charge in [0.25, 0.3) is 0 Å². The Morgan fingerprint density at radius 1 is 1.23 bits per heavy atom. The van der Waals surface area contributed by atoms with Gasteiger partial charge in [-0.1, -0.05) is 44.5 Å². The van der Waals surface area contributed by atoms with Gasteiger partial charge in [0.15, 0.2) is 0 Å². The third-order valence-electron chi connectivity index (χ3n) is 2.33. The van der Waals surface area contributed by atoms with Crippen LogP contribution in [0.5, 0.6) is 0 Å². The van der Waals surface area contributed by atoms with Crippen LogP contribution in [0.3, 0.4) is 0 Å². The number of aryl methyl sites for hydroxylation is 1. The highest BCUT2D eigenvalue weighted by molar-refractivity contribution is 5.28. The fourth-order valence-electron chi connectivity index (χ4n) is 1.59. The van der Waals surface area contributed by atoms with Crippen molar-refractivity contribution in [2.24, 2.45) is 0 Å². The van der Waals surface area contributed by atoms with E-state index in [0.29, 0.717) is 0 Å². The Morgan fingerprint density at radius 2 is 1.92 bits per heavy atom. The molecule has 1 unspecified atom stereocenters. The Bertz CT molecular complexity index is 255. The van der Waals surface area contributed by atoms with E-state index in [1.54, 1.807) is 0 Å². The lowest BCUT2D eigenvalue weighted by Crippen LogP contribution is -1.99. The van der Waals surface area contributed by atoms with E-state index in [2.05, 4.69) is 19.9 Å². The molecule has 0 amide bonds. The smallest absolute Gasteiger partial charge is 0.118 e. The van der Waals surface area contributed by atoms with E-state index in [9.17, 15) is 5.11 Å². The van der Waals surface area contributed by atoms with Crippen molar-refractivity contribution in [1.82, 2.24) is 0 Å². The van der Waals surface area contributed by atoms with Gasteiger partial charge in [-0.2, -0.15) is 0 Å². The summed E-state index contributed by atoms with van der Waals surface area (Å²) >= 11 is 0. The van der Waals surface area contributed by atoms with Crippen molar-refractivity contribution in [2.75, 3.05) is 0 Å². The summed E-state index contributed by atoms with van der Waals surface area (Å²) in [5, 5.41) is 11.7. The third kappa shape index (κ3) is 2.56. The highest BCUT2D eigenvalue weighted by Crippen LogP contribution is 2.22. The fourth-order valence-corrected chi connectivity index (χ4v) is 1.59. The summed E-state index contributed by atoms with van der Waals surface area (Å²) in [6.07, 6.45) is 2.14. The molecule has 0 fully saturated rings. The maximum atomic E-state index is 11.7. The molecule has 1 nitrogen and oxygen atoms in total. The molecule has 0 N–H and O–H groups in total. The Labute approximate surface area is 80.4 Å². The average Bonchev–Trinajstić information content (AvgIpc) is 2.18. The zero-order chi connectivity index (χ0) is 9.68. The minimum absolute atomic E-state index is 0.527. The maximum absolute atomic E-state index is 11.7. The summed E-state index contributed by atoms with van der Waals surface area (Å²) in [5.74, 6) is 0. The Kier molecular flexibility index (Phi) is 3.97. The van der Waals surface area contributed by atoms with E-state index in [1.807, 2.05) is 18.2 Å². The normalized spacial score (nSPS) is 12.8. The van der Waals surface area contributed by atoms with Crippen LogP contribution in [0.15, 0.2) is 24.3 Å². The zero-order valence-corrected chi connectivity index (χ0v) is 8.42. The summed E-state index contributed by atoms with van der Waals surface area (Å²) in [7, 11) is 0. The van der Waals surface area contributed by atoms with Gasteiger partial charge in [0.05, 0.1) is 0 Å². The molecule has 0 heterocycles. The van der Waals surface area contributed by atoms with Crippen LogP contribution in [-0.4, -0.2) is 0 Å². The summed E-state index contributed by atoms with van der Waals surface area (Å²) in [6, 6.07) is 7.97. The minimum atomic E-state index is -0.527. The van der Waals surface area contributed by atoms with E-state index < -0.39 is 6.10 Å². The molecule has 1 radical (unpaired) electrons. The molecule has 1 aromatic carbocycles. The van der Waals surface area contributed by atoms with Crippen molar-refractivity contribution in [3.8, 4) is 0 Å². The summed E-state index contributed by atoms with van der Waals surface area (Å²) in [6.45, 7) is 4.15. The van der Waals surface area contributed by atoms with Crippen molar-refractivity contribution in [3.63, 3.8) is 0 Å². The second-order valence-corrected chi connectivity index (χ2v) is 3.33. The molecule has 13 heavy (non-hydrogen) atoms. The number of hydrogen-bond donors (Lipinski definition) is 0. The first-order valence-corrected chi connectivity index (χ1v) is 5.03. The topological polar surface area (TPSA) is 19.9 Å². The molecular weight excluding hydrogens is 160 g/mol. The molecule has 1 rings (SSSR count). The van der Waals surface area contributed by atoms with Crippen molar-refractivity contribution in [1.29, 1.82) is 0 Å². The van der Waals surface area contributed by atoms with Gasteiger partial charge in [-0.15, -0.1) is 0 Å². The van der Waals surface area contributed by atoms with Crippen LogP contribution in [0.2, 0.25) is 0 Å². The lowest BCUT2D eigenvalue weighted by molar-refractivity contribution is 0.0798. The molecule has 0 saturated carbocycles. The molecule has 0 aromatic heterocycles. The summed E-state index contributed by atoms with van der Waals surface area (Å²) in [5.41, 5.74) is 2.20. The van der Waals surface area contributed by atoms with E-state index in [0.717, 1.165) is 24.8 Å². The molecule has 0 saturated heterocycles. The maximum Gasteiger partial charge on any atom is 0.118 e. The zero-order valence-electron chi connectivity index (χ0n) is 8.42. The van der Waals surface area contributed by atoms with Crippen LogP contribution in [0.25, 0.3) is 0 Å². The quantitative estimate of drug-likeness (QED) is 0.670. The summed E-state index contributed by atoms with van der Waals surface area (Å²) in [4.78, 5) is 0. The van der Waals surface area contributed by atoms with Crippen LogP contribution in [-0.2, 0) is 11.5 Å². The van der Waals surface area contributed by atoms with E-state index in [1.165, 1.54) is 5.56 Å². The molecule has 0 aliphatic rings. The van der Waals surface area contributed by atoms with Gasteiger partial charge in [0.1, 0.15) is 6.10 Å². The van der Waals surface area contributed by atoms with Crippen LogP contribution in [0, 0.1) is 0 Å². The van der Waals surface area contributed by atoms with Crippen molar-refractivity contribution < 1.29 is 5.11 Å². The number of rotatable bonds is 4. The second-order valence-electron chi connectivity index (χ2n) is 3.33. The first kappa shape index (κ1) is 10.3. The highest BCUT2D eigenvalue weighted by Gasteiger charge is 2.10. The molecule has 0 bridgehead atoms. The van der Waals surface area contributed by atoms with Gasteiger partial charge in [0, 0.05) is 0 Å². The molecule has 0 aliphatic heterocycles. The van der Waals surface area contributed by atoms with E-state index in [-0.39, 0.29) is 0 Å². The van der Waals surface area contributed by atoms with E-state index >= 15 is 0 Å². The Balaban J connectivity index is 2.85. The van der Waals surface area contributed by atoms with Crippen molar-refractivity contribution in [2.45, 2.75) is 39.2 Å². The molecule has 0 aliphatic carbocycles. The SMILES string of the molecule is CCCC([O])c1ccccc1CC. The molecule has 1 aromatic rings. The predicted octanol–water partition coefficient (Wildman–Crippen LogP) is 3.52. The largest absolute Gasteiger partial charge is 0.228 e. The van der Waals surface area contributed by atoms with Crippen LogP contribution >= 0.6 is 0 Å². The monoisotopic (exact) mass is 177 g/mol. The fraction of sp³-hybridized carbons (Fsp3) is 0.500. The molecule has 1 heteroatoms. The molecule has 0 spiro atoms. The van der Waals surface area contributed by atoms with Gasteiger partial charge < -0.3 is 0 Å². The highest BCUT2D eigenvalue weighted by atomic mass is 16.3. The van der Waals surface area contributed by atoms with Gasteiger partial charge in [-0.25, -0.2) is 5.11 Å². The lowest BCUT2D eigenvalue weighted by atomic mass is 9.98. The first-order chi connectivity index (χ1) is 6.29. The minimum Gasteiger partial charge on any atom is -0.228 e. The second kappa shape index (κ2) is 5.03. The third-order valence-corrected chi connectivity index (χ3v) is 2.33. The van der Waals surface area contributed by atoms with Gasteiger partial charge in [-0.3, -0.25) is 0 Å². The standard InChI is InChI=1S/C12H17O/c1-3-7-12(13)11-9-6-5-8-10(11)4-2/h5-6,8-9,12H,3-4,7H2,1-2H3. The number of benzene rings is 1. The lowest BCUT2D eigenvalue weighted by Gasteiger charge is -2.11. The van der Waals surface area contributed by atoms with Crippen LogP contribution in [0.1, 0.15) is 43.9 Å². The van der Waals surface area contributed by atoms with Gasteiger partial charge in [0.2, 0.25) is 0 Å². The average molecular weight is 177 g/mol. The van der Waals surface area contributed by atoms with Crippen molar-refractivity contribution >= 4 is 0 Å². The Hall–Kier alpha value is -0.820. The van der Waals surface area contributed by atoms with Crippen molar-refractivity contribution in [3.05, 3.63) is 35.4 Å². The van der Waals surface area contributed by atoms with Gasteiger partial charge in [-0.05, 0) is 24.0 Å². The molecule has 1 atom stereocenters. The molecule has 71 valence electrons. The van der Waals surface area contributed by atoms with E-state index in [4.69, 9.17) is 0 Å². The van der Waals surface area contributed by atoms with Crippen LogP contribution < -0.4 is 0 Å². The summed E-state index contributed by atoms with van der Waals surface area (Å²) < 4.78 is 0. The number of hydrogen-bond acceptors (Lipinski definition) is 0. The molecular formula is C12H17O. The van der Waals surface area contributed by atoms with Gasteiger partial charge >= 0.3 is 0 Å². The first-order valence-electron chi connectivity index (χ1n) is 5.03. The van der Waals surface area contributed by atoms with Crippen LogP contribution in [0.4, 0.5) is 0 Å².